The molecule has 5 heteroatoms. The molecule has 2 amide bonds. The van der Waals surface area contributed by atoms with Crippen LogP contribution < -0.4 is 10.6 Å². The zero-order valence-electron chi connectivity index (χ0n) is 12.0. The molecule has 1 heterocycles. The number of hydrogen-bond donors (Lipinski definition) is 2. The van der Waals surface area contributed by atoms with Gasteiger partial charge in [0.25, 0.3) is 0 Å². The third kappa shape index (κ3) is 5.69. The van der Waals surface area contributed by atoms with Gasteiger partial charge in [-0.1, -0.05) is 6.42 Å². The van der Waals surface area contributed by atoms with Gasteiger partial charge >= 0.3 is 6.03 Å². The van der Waals surface area contributed by atoms with Crippen molar-refractivity contribution in [2.24, 2.45) is 0 Å². The maximum atomic E-state index is 11.2. The van der Waals surface area contributed by atoms with E-state index in [1.165, 1.54) is 32.2 Å². The molecule has 0 aromatic carbocycles. The molecule has 0 saturated carbocycles. The van der Waals surface area contributed by atoms with E-state index in [0.29, 0.717) is 6.54 Å². The van der Waals surface area contributed by atoms with Crippen LogP contribution >= 0.6 is 0 Å². The van der Waals surface area contributed by atoms with Gasteiger partial charge in [-0.25, -0.2) is 4.79 Å². The summed E-state index contributed by atoms with van der Waals surface area (Å²) in [5.41, 5.74) is 0. The summed E-state index contributed by atoms with van der Waals surface area (Å²) < 4.78 is 0. The van der Waals surface area contributed by atoms with Crippen molar-refractivity contribution in [3.05, 3.63) is 0 Å². The summed E-state index contributed by atoms with van der Waals surface area (Å²) in [6, 6.07) is 0.714. The standard InChI is InChI=1S/C13H28N4O/c1-16(2)13(18)15-10-9-14-8-7-12-6-4-5-11-17(12)3/h12,14H,4-11H2,1-3H3,(H,15,18). The van der Waals surface area contributed by atoms with Crippen molar-refractivity contribution >= 4 is 6.03 Å². The lowest BCUT2D eigenvalue weighted by atomic mass is 10.0. The third-order valence-electron chi connectivity index (χ3n) is 3.56. The SMILES string of the molecule is CN(C)C(=O)NCCNCCC1CCCCN1C. The van der Waals surface area contributed by atoms with Gasteiger partial charge in [0.2, 0.25) is 0 Å². The van der Waals surface area contributed by atoms with Crippen molar-refractivity contribution in [3.8, 4) is 0 Å². The average Bonchev–Trinajstić information content (AvgIpc) is 2.35. The van der Waals surface area contributed by atoms with Gasteiger partial charge < -0.3 is 20.4 Å². The molecule has 1 fully saturated rings. The second kappa shape index (κ2) is 8.32. The number of carbonyl (C=O) groups is 1. The van der Waals surface area contributed by atoms with Crippen molar-refractivity contribution in [1.29, 1.82) is 0 Å². The Balaban J connectivity index is 1.96. The van der Waals surface area contributed by atoms with Gasteiger partial charge in [0.05, 0.1) is 0 Å². The summed E-state index contributed by atoms with van der Waals surface area (Å²) >= 11 is 0. The number of hydrogen-bond acceptors (Lipinski definition) is 3. The largest absolute Gasteiger partial charge is 0.337 e. The minimum absolute atomic E-state index is 0.0242. The van der Waals surface area contributed by atoms with Gasteiger partial charge in [0.15, 0.2) is 0 Å². The van der Waals surface area contributed by atoms with Crippen LogP contribution in [0.15, 0.2) is 0 Å². The summed E-state index contributed by atoms with van der Waals surface area (Å²) in [6.07, 6.45) is 5.25. The van der Waals surface area contributed by atoms with E-state index < -0.39 is 0 Å². The average molecular weight is 256 g/mol. The molecule has 0 radical (unpaired) electrons. The van der Waals surface area contributed by atoms with Crippen molar-refractivity contribution in [2.45, 2.75) is 31.7 Å². The van der Waals surface area contributed by atoms with Gasteiger partial charge in [0, 0.05) is 33.2 Å². The van der Waals surface area contributed by atoms with E-state index in [4.69, 9.17) is 0 Å². The van der Waals surface area contributed by atoms with E-state index in [-0.39, 0.29) is 6.03 Å². The number of likely N-dealkylation sites (tertiary alicyclic amines) is 1. The molecule has 1 unspecified atom stereocenters. The lowest BCUT2D eigenvalue weighted by Gasteiger charge is -2.32. The highest BCUT2D eigenvalue weighted by Gasteiger charge is 2.17. The van der Waals surface area contributed by atoms with Crippen molar-refractivity contribution < 1.29 is 4.79 Å². The smallest absolute Gasteiger partial charge is 0.316 e. The second-order valence-corrected chi connectivity index (χ2v) is 5.30. The number of carbonyl (C=O) groups excluding carboxylic acids is 1. The van der Waals surface area contributed by atoms with Gasteiger partial charge in [-0.05, 0) is 39.4 Å². The van der Waals surface area contributed by atoms with Crippen LogP contribution in [0.1, 0.15) is 25.7 Å². The number of urea groups is 1. The molecule has 1 aliphatic rings. The van der Waals surface area contributed by atoms with E-state index in [2.05, 4.69) is 22.6 Å². The molecule has 0 aromatic rings. The molecule has 0 aromatic heterocycles. The Morgan fingerprint density at radius 3 is 2.72 bits per heavy atom. The highest BCUT2D eigenvalue weighted by molar-refractivity contribution is 5.73. The number of nitrogens with one attached hydrogen (secondary N) is 2. The van der Waals surface area contributed by atoms with E-state index in [0.717, 1.165) is 19.1 Å². The van der Waals surface area contributed by atoms with Crippen LogP contribution in [0.5, 0.6) is 0 Å². The van der Waals surface area contributed by atoms with Gasteiger partial charge in [-0.2, -0.15) is 0 Å². The molecule has 2 N–H and O–H groups in total. The molecule has 106 valence electrons. The fourth-order valence-electron chi connectivity index (χ4n) is 2.32. The Kier molecular flexibility index (Phi) is 7.05. The summed E-state index contributed by atoms with van der Waals surface area (Å²) in [5, 5.41) is 6.23. The van der Waals surface area contributed by atoms with E-state index >= 15 is 0 Å². The van der Waals surface area contributed by atoms with Crippen molar-refractivity contribution in [2.75, 3.05) is 47.3 Å². The maximum Gasteiger partial charge on any atom is 0.316 e. The second-order valence-electron chi connectivity index (χ2n) is 5.30. The predicted octanol–water partition coefficient (Wildman–Crippen LogP) is 0.722. The predicted molar refractivity (Wildman–Crippen MR) is 74.8 cm³/mol. The Labute approximate surface area is 111 Å². The first kappa shape index (κ1) is 15.2. The fraction of sp³-hybridized carbons (Fsp3) is 0.923. The van der Waals surface area contributed by atoms with E-state index in [1.54, 1.807) is 19.0 Å². The highest BCUT2D eigenvalue weighted by atomic mass is 16.2. The lowest BCUT2D eigenvalue weighted by Crippen LogP contribution is -2.40. The zero-order chi connectivity index (χ0) is 13.4. The summed E-state index contributed by atoms with van der Waals surface area (Å²) in [7, 11) is 5.73. The van der Waals surface area contributed by atoms with Crippen LogP contribution in [0.3, 0.4) is 0 Å². The lowest BCUT2D eigenvalue weighted by molar-refractivity contribution is 0.175. The molecule has 18 heavy (non-hydrogen) atoms. The monoisotopic (exact) mass is 256 g/mol. The molecule has 1 atom stereocenters. The molecular weight excluding hydrogens is 228 g/mol. The fourth-order valence-corrected chi connectivity index (χ4v) is 2.32. The molecule has 1 rings (SSSR count). The Hall–Kier alpha value is -0.810. The van der Waals surface area contributed by atoms with Crippen LogP contribution in [0, 0.1) is 0 Å². The summed E-state index contributed by atoms with van der Waals surface area (Å²) in [6.45, 7) is 3.81. The van der Waals surface area contributed by atoms with Crippen LogP contribution in [-0.4, -0.2) is 69.2 Å². The number of nitrogens with zero attached hydrogens (tertiary/aromatic N) is 2. The van der Waals surface area contributed by atoms with E-state index in [1.807, 2.05) is 0 Å². The normalized spacial score (nSPS) is 20.7. The Morgan fingerprint density at radius 2 is 2.06 bits per heavy atom. The molecule has 0 bridgehead atoms. The first-order valence-electron chi connectivity index (χ1n) is 6.97. The topological polar surface area (TPSA) is 47.6 Å². The minimum Gasteiger partial charge on any atom is -0.337 e. The highest BCUT2D eigenvalue weighted by Crippen LogP contribution is 2.16. The van der Waals surface area contributed by atoms with Gasteiger partial charge in [-0.15, -0.1) is 0 Å². The van der Waals surface area contributed by atoms with Crippen molar-refractivity contribution in [3.63, 3.8) is 0 Å². The van der Waals surface area contributed by atoms with Crippen LogP contribution in [0.25, 0.3) is 0 Å². The quantitative estimate of drug-likeness (QED) is 0.689. The molecule has 1 aliphatic heterocycles. The number of amides is 2. The summed E-state index contributed by atoms with van der Waals surface area (Å²) in [5.74, 6) is 0. The first-order valence-corrected chi connectivity index (χ1v) is 6.97. The molecule has 1 saturated heterocycles. The van der Waals surface area contributed by atoms with E-state index in [9.17, 15) is 4.79 Å². The zero-order valence-corrected chi connectivity index (χ0v) is 12.0. The van der Waals surface area contributed by atoms with Crippen molar-refractivity contribution in [1.82, 2.24) is 20.4 Å². The molecular formula is C13H28N4O. The maximum absolute atomic E-state index is 11.2. The summed E-state index contributed by atoms with van der Waals surface area (Å²) in [4.78, 5) is 15.3. The molecule has 5 nitrogen and oxygen atoms in total. The molecule has 0 aliphatic carbocycles. The minimum atomic E-state index is -0.0242. The molecule has 0 spiro atoms. The number of rotatable bonds is 6. The van der Waals surface area contributed by atoms with Crippen LogP contribution in [0.2, 0.25) is 0 Å². The van der Waals surface area contributed by atoms with Gasteiger partial charge in [-0.3, -0.25) is 0 Å². The van der Waals surface area contributed by atoms with Crippen LogP contribution in [-0.2, 0) is 0 Å². The number of piperidine rings is 1. The Bertz CT molecular complexity index is 245. The Morgan fingerprint density at radius 1 is 1.28 bits per heavy atom. The first-order chi connectivity index (χ1) is 8.61. The van der Waals surface area contributed by atoms with Gasteiger partial charge in [0.1, 0.15) is 0 Å². The third-order valence-corrected chi connectivity index (χ3v) is 3.56. The van der Waals surface area contributed by atoms with Crippen LogP contribution in [0.4, 0.5) is 4.79 Å².